The summed E-state index contributed by atoms with van der Waals surface area (Å²) in [5.41, 5.74) is 2.43. The average Bonchev–Trinajstić information content (AvgIpc) is 2.86. The number of carbonyl (C=O) groups excluding carboxylic acids is 1. The van der Waals surface area contributed by atoms with Gasteiger partial charge in [-0.3, -0.25) is 9.20 Å². The second kappa shape index (κ2) is 5.65. The molecule has 1 aliphatic rings. The van der Waals surface area contributed by atoms with Gasteiger partial charge in [0.2, 0.25) is 0 Å². The first-order chi connectivity index (χ1) is 9.79. The summed E-state index contributed by atoms with van der Waals surface area (Å²) in [5, 5.41) is 3.19. The maximum Gasteiger partial charge on any atom is 0.270 e. The molecule has 0 unspecified atom stereocenters. The van der Waals surface area contributed by atoms with Crippen molar-refractivity contribution in [3.63, 3.8) is 0 Å². The van der Waals surface area contributed by atoms with Gasteiger partial charge in [0.05, 0.1) is 5.69 Å². The van der Waals surface area contributed by atoms with Gasteiger partial charge in [-0.05, 0) is 31.4 Å². The van der Waals surface area contributed by atoms with Crippen LogP contribution in [-0.2, 0) is 6.42 Å². The van der Waals surface area contributed by atoms with Crippen molar-refractivity contribution in [1.82, 2.24) is 14.7 Å². The topological polar surface area (TPSA) is 46.4 Å². The number of rotatable bonds is 3. The van der Waals surface area contributed by atoms with Gasteiger partial charge >= 0.3 is 0 Å². The summed E-state index contributed by atoms with van der Waals surface area (Å²) in [6, 6.07) is 6.15. The molecule has 0 saturated heterocycles. The summed E-state index contributed by atoms with van der Waals surface area (Å²) < 4.78 is 1.90. The fourth-order valence-corrected chi connectivity index (χ4v) is 3.03. The molecule has 0 spiro atoms. The zero-order valence-electron chi connectivity index (χ0n) is 11.9. The molecule has 0 radical (unpaired) electrons. The summed E-state index contributed by atoms with van der Waals surface area (Å²) in [5.74, 6) is 0.0208. The van der Waals surface area contributed by atoms with Crippen LogP contribution in [0.2, 0.25) is 0 Å². The highest BCUT2D eigenvalue weighted by Gasteiger charge is 2.21. The molecule has 1 saturated carbocycles. The molecule has 0 aliphatic heterocycles. The van der Waals surface area contributed by atoms with Gasteiger partial charge in [0.15, 0.2) is 0 Å². The Hall–Kier alpha value is -1.84. The van der Waals surface area contributed by atoms with Crippen LogP contribution < -0.4 is 5.32 Å². The molecule has 0 bridgehead atoms. The van der Waals surface area contributed by atoms with Crippen molar-refractivity contribution < 1.29 is 4.79 Å². The van der Waals surface area contributed by atoms with Crippen molar-refractivity contribution in [2.45, 2.75) is 51.5 Å². The number of pyridine rings is 1. The Morgan fingerprint density at radius 2 is 2.15 bits per heavy atom. The number of imidazole rings is 1. The number of hydrogen-bond donors (Lipinski definition) is 1. The zero-order valence-corrected chi connectivity index (χ0v) is 11.9. The molecule has 2 aromatic rings. The molecule has 0 atom stereocenters. The molecular weight excluding hydrogens is 250 g/mol. The highest BCUT2D eigenvalue weighted by molar-refractivity contribution is 5.95. The van der Waals surface area contributed by atoms with E-state index < -0.39 is 0 Å². The molecule has 106 valence electrons. The number of aromatic nitrogens is 2. The highest BCUT2D eigenvalue weighted by Crippen LogP contribution is 2.19. The predicted molar refractivity (Wildman–Crippen MR) is 78.9 cm³/mol. The molecule has 1 aliphatic carbocycles. The molecule has 20 heavy (non-hydrogen) atoms. The summed E-state index contributed by atoms with van der Waals surface area (Å²) in [6.45, 7) is 2.04. The Morgan fingerprint density at radius 3 is 2.90 bits per heavy atom. The largest absolute Gasteiger partial charge is 0.348 e. The molecule has 4 heteroatoms. The van der Waals surface area contributed by atoms with Crippen LogP contribution >= 0.6 is 0 Å². The van der Waals surface area contributed by atoms with Gasteiger partial charge in [0, 0.05) is 12.2 Å². The highest BCUT2D eigenvalue weighted by atomic mass is 16.2. The van der Waals surface area contributed by atoms with Crippen molar-refractivity contribution in [2.24, 2.45) is 0 Å². The Morgan fingerprint density at radius 1 is 1.35 bits per heavy atom. The van der Waals surface area contributed by atoms with E-state index in [9.17, 15) is 4.79 Å². The van der Waals surface area contributed by atoms with Crippen molar-refractivity contribution in [3.05, 3.63) is 35.8 Å². The maximum absolute atomic E-state index is 12.6. The molecule has 3 rings (SSSR count). The fraction of sp³-hybridized carbons (Fsp3) is 0.500. The van der Waals surface area contributed by atoms with Crippen LogP contribution in [0, 0.1) is 0 Å². The van der Waals surface area contributed by atoms with Gasteiger partial charge in [0.25, 0.3) is 5.91 Å². The van der Waals surface area contributed by atoms with Crippen LogP contribution in [0.1, 0.15) is 55.2 Å². The first-order valence-electron chi connectivity index (χ1n) is 7.56. The number of nitrogens with one attached hydrogen (secondary N) is 1. The average molecular weight is 271 g/mol. The van der Waals surface area contributed by atoms with E-state index in [1.54, 1.807) is 0 Å². The Balaban J connectivity index is 1.89. The minimum atomic E-state index is 0.0208. The predicted octanol–water partition coefficient (Wildman–Crippen LogP) is 2.96. The smallest absolute Gasteiger partial charge is 0.270 e. The standard InChI is InChI=1S/C16H21N3O/c1-2-13-15(19-11-7-6-10-14(19)18-13)16(20)17-12-8-4-3-5-9-12/h6-7,10-12H,2-5,8-9H2,1H3,(H,17,20). The Kier molecular flexibility index (Phi) is 3.72. The second-order valence-corrected chi connectivity index (χ2v) is 5.50. The van der Waals surface area contributed by atoms with Gasteiger partial charge in [-0.1, -0.05) is 32.3 Å². The van der Waals surface area contributed by atoms with E-state index in [2.05, 4.69) is 10.3 Å². The van der Waals surface area contributed by atoms with E-state index >= 15 is 0 Å². The Labute approximate surface area is 119 Å². The maximum atomic E-state index is 12.6. The van der Waals surface area contributed by atoms with Crippen LogP contribution in [0.5, 0.6) is 0 Å². The Bertz CT molecular complexity index is 611. The van der Waals surface area contributed by atoms with Gasteiger partial charge < -0.3 is 5.32 Å². The molecular formula is C16H21N3O. The van der Waals surface area contributed by atoms with Crippen molar-refractivity contribution in [1.29, 1.82) is 0 Å². The van der Waals surface area contributed by atoms with Gasteiger partial charge in [-0.25, -0.2) is 4.98 Å². The number of amides is 1. The van der Waals surface area contributed by atoms with E-state index in [1.165, 1.54) is 19.3 Å². The fourth-order valence-electron chi connectivity index (χ4n) is 3.03. The molecule has 2 heterocycles. The van der Waals surface area contributed by atoms with Gasteiger partial charge in [-0.15, -0.1) is 0 Å². The molecule has 1 amide bonds. The lowest BCUT2D eigenvalue weighted by molar-refractivity contribution is 0.0920. The second-order valence-electron chi connectivity index (χ2n) is 5.50. The third-order valence-corrected chi connectivity index (χ3v) is 4.09. The first kappa shape index (κ1) is 13.2. The normalized spacial score (nSPS) is 16.4. The van der Waals surface area contributed by atoms with Crippen molar-refractivity contribution in [3.8, 4) is 0 Å². The van der Waals surface area contributed by atoms with E-state index in [4.69, 9.17) is 0 Å². The number of hydrogen-bond acceptors (Lipinski definition) is 2. The SMILES string of the molecule is CCc1nc2ccccn2c1C(=O)NC1CCCCC1. The van der Waals surface area contributed by atoms with Crippen LogP contribution in [0.4, 0.5) is 0 Å². The summed E-state index contributed by atoms with van der Waals surface area (Å²) in [7, 11) is 0. The lowest BCUT2D eigenvalue weighted by Crippen LogP contribution is -2.37. The lowest BCUT2D eigenvalue weighted by Gasteiger charge is -2.22. The quantitative estimate of drug-likeness (QED) is 0.933. The number of carbonyl (C=O) groups is 1. The zero-order chi connectivity index (χ0) is 13.9. The number of nitrogens with zero attached hydrogens (tertiary/aromatic N) is 2. The van der Waals surface area contributed by atoms with E-state index in [0.29, 0.717) is 11.7 Å². The van der Waals surface area contributed by atoms with Crippen LogP contribution in [0.15, 0.2) is 24.4 Å². The summed E-state index contributed by atoms with van der Waals surface area (Å²) >= 11 is 0. The number of fused-ring (bicyclic) bond motifs is 1. The van der Waals surface area contributed by atoms with Crippen molar-refractivity contribution in [2.75, 3.05) is 0 Å². The third kappa shape index (κ3) is 2.42. The van der Waals surface area contributed by atoms with Crippen LogP contribution in [0.25, 0.3) is 5.65 Å². The first-order valence-corrected chi connectivity index (χ1v) is 7.56. The molecule has 4 nitrogen and oxygen atoms in total. The van der Waals surface area contributed by atoms with Crippen LogP contribution in [0.3, 0.4) is 0 Å². The van der Waals surface area contributed by atoms with Gasteiger partial charge in [0.1, 0.15) is 11.3 Å². The summed E-state index contributed by atoms with van der Waals surface area (Å²) in [4.78, 5) is 17.1. The van der Waals surface area contributed by atoms with E-state index in [0.717, 1.165) is 30.6 Å². The minimum absolute atomic E-state index is 0.0208. The molecule has 0 aromatic carbocycles. The number of aryl methyl sites for hydroxylation is 1. The van der Waals surface area contributed by atoms with E-state index in [1.807, 2.05) is 35.7 Å². The molecule has 2 aromatic heterocycles. The third-order valence-electron chi connectivity index (χ3n) is 4.09. The van der Waals surface area contributed by atoms with Gasteiger partial charge in [-0.2, -0.15) is 0 Å². The minimum Gasteiger partial charge on any atom is -0.348 e. The van der Waals surface area contributed by atoms with Crippen LogP contribution in [-0.4, -0.2) is 21.3 Å². The monoisotopic (exact) mass is 271 g/mol. The lowest BCUT2D eigenvalue weighted by atomic mass is 9.95. The summed E-state index contributed by atoms with van der Waals surface area (Å²) in [6.07, 6.45) is 8.62. The van der Waals surface area contributed by atoms with E-state index in [-0.39, 0.29) is 5.91 Å². The van der Waals surface area contributed by atoms with Crippen molar-refractivity contribution >= 4 is 11.6 Å². The molecule has 1 N–H and O–H groups in total. The molecule has 1 fully saturated rings.